The van der Waals surface area contributed by atoms with Gasteiger partial charge in [-0.3, -0.25) is 0 Å². The monoisotopic (exact) mass is 1380 g/mol. The first kappa shape index (κ1) is 65.3. The number of benzene rings is 15. The van der Waals surface area contributed by atoms with Crippen LogP contribution in [0.15, 0.2) is 388 Å². The molecule has 0 bridgehead atoms. The summed E-state index contributed by atoms with van der Waals surface area (Å²) < 4.78 is 0. The molecule has 0 amide bonds. The van der Waals surface area contributed by atoms with Crippen LogP contribution in [0.4, 0.5) is 11.4 Å². The second-order valence-electron chi connectivity index (χ2n) is 26.9. The van der Waals surface area contributed by atoms with Crippen LogP contribution in [0.1, 0.15) is 44.5 Å². The number of hydrogen-bond acceptors (Lipinski definition) is 6. The van der Waals surface area contributed by atoms with Gasteiger partial charge in [0.1, 0.15) is 0 Å². The lowest BCUT2D eigenvalue weighted by Gasteiger charge is -2.34. The molecular formula is C100H64N8. The molecule has 0 saturated heterocycles. The zero-order valence-electron chi connectivity index (χ0n) is 58.5. The average Bonchev–Trinajstić information content (AvgIpc) is 1.54. The molecule has 2 aliphatic rings. The molecular weight excluding hydrogens is 1310 g/mol. The molecule has 0 N–H and O–H groups in total. The Bertz CT molecular complexity index is 6110. The van der Waals surface area contributed by atoms with Crippen molar-refractivity contribution in [3.63, 3.8) is 0 Å². The maximum absolute atomic E-state index is 8.21. The van der Waals surface area contributed by atoms with Crippen LogP contribution in [0.3, 0.4) is 0 Å². The van der Waals surface area contributed by atoms with Crippen molar-refractivity contribution >= 4 is 11.4 Å². The van der Waals surface area contributed by atoms with Crippen molar-refractivity contribution in [2.45, 2.75) is 10.8 Å². The van der Waals surface area contributed by atoms with Gasteiger partial charge in [0.05, 0.1) is 24.0 Å². The molecule has 0 spiro atoms. The van der Waals surface area contributed by atoms with E-state index in [-0.39, 0.29) is 0 Å². The van der Waals surface area contributed by atoms with Crippen molar-refractivity contribution in [1.82, 2.24) is 29.9 Å². The second-order valence-corrected chi connectivity index (χ2v) is 26.9. The van der Waals surface area contributed by atoms with Gasteiger partial charge in [-0.15, -0.1) is 0 Å². The summed E-state index contributed by atoms with van der Waals surface area (Å²) in [6.45, 7) is 16.4. The van der Waals surface area contributed by atoms with E-state index in [2.05, 4.69) is 277 Å². The maximum Gasteiger partial charge on any atom is 0.195 e. The summed E-state index contributed by atoms with van der Waals surface area (Å²) in [5, 5.41) is 0. The van der Waals surface area contributed by atoms with E-state index in [1.165, 1.54) is 33.4 Å². The predicted octanol–water partition coefficient (Wildman–Crippen LogP) is 24.6. The Morgan fingerprint density at radius 2 is 0.398 bits per heavy atom. The number of nitrogens with zero attached hydrogens (tertiary/aromatic N) is 8. The highest BCUT2D eigenvalue weighted by Crippen LogP contribution is 2.61. The minimum atomic E-state index is -0.564. The lowest BCUT2D eigenvalue weighted by molar-refractivity contribution is 0.769. The van der Waals surface area contributed by atoms with Crippen LogP contribution in [-0.2, 0) is 10.8 Å². The Morgan fingerprint density at radius 1 is 0.185 bits per heavy atom. The lowest BCUT2D eigenvalue weighted by atomic mass is 9.67. The van der Waals surface area contributed by atoms with Gasteiger partial charge in [0.25, 0.3) is 0 Å². The highest BCUT2D eigenvalue weighted by atomic mass is 15.0. The molecule has 0 aliphatic heterocycles. The van der Waals surface area contributed by atoms with Crippen molar-refractivity contribution in [2.24, 2.45) is 0 Å². The van der Waals surface area contributed by atoms with E-state index in [1.807, 2.05) is 121 Å². The maximum atomic E-state index is 8.21. The van der Waals surface area contributed by atoms with E-state index in [0.717, 1.165) is 100 Å². The quantitative estimate of drug-likeness (QED) is 0.107. The second kappa shape index (κ2) is 28.2. The molecule has 0 atom stereocenters. The molecule has 0 saturated carbocycles. The third-order valence-electron chi connectivity index (χ3n) is 20.9. The molecule has 0 fully saturated rings. The Kier molecular flexibility index (Phi) is 17.0. The molecule has 504 valence electrons. The van der Waals surface area contributed by atoms with Crippen molar-refractivity contribution < 1.29 is 0 Å². The topological polar surface area (TPSA) is 86.1 Å². The minimum absolute atomic E-state index is 0.554. The highest BCUT2D eigenvalue weighted by Gasteiger charge is 2.48. The first-order valence-electron chi connectivity index (χ1n) is 36.0. The number of fused-ring (bicyclic) bond motifs is 6. The van der Waals surface area contributed by atoms with Gasteiger partial charge in [-0.25, -0.2) is 39.6 Å². The number of rotatable bonds is 13. The van der Waals surface area contributed by atoms with Gasteiger partial charge in [0.2, 0.25) is 0 Å². The Hall–Kier alpha value is -14.7. The van der Waals surface area contributed by atoms with E-state index in [1.54, 1.807) is 0 Å². The molecule has 15 aromatic carbocycles. The van der Waals surface area contributed by atoms with Crippen LogP contribution >= 0.6 is 0 Å². The molecule has 2 heterocycles. The molecule has 8 nitrogen and oxygen atoms in total. The van der Waals surface area contributed by atoms with E-state index < -0.39 is 10.8 Å². The minimum Gasteiger partial charge on any atom is -0.238 e. The van der Waals surface area contributed by atoms with Crippen molar-refractivity contribution in [3.05, 3.63) is 456 Å². The normalized spacial score (nSPS) is 12.4. The molecule has 17 aromatic rings. The first-order chi connectivity index (χ1) is 53.4. The predicted molar refractivity (Wildman–Crippen MR) is 436 cm³/mol. The van der Waals surface area contributed by atoms with Crippen LogP contribution in [0.25, 0.3) is 134 Å². The van der Waals surface area contributed by atoms with E-state index >= 15 is 0 Å². The van der Waals surface area contributed by atoms with Gasteiger partial charge in [0, 0.05) is 33.4 Å². The van der Waals surface area contributed by atoms with E-state index in [9.17, 15) is 0 Å². The molecule has 0 unspecified atom stereocenters. The Labute approximate surface area is 627 Å². The summed E-state index contributed by atoms with van der Waals surface area (Å²) in [5.41, 5.74) is 25.8. The molecule has 0 radical (unpaired) electrons. The number of hydrogen-bond donors (Lipinski definition) is 0. The van der Waals surface area contributed by atoms with Crippen LogP contribution < -0.4 is 0 Å². The SMILES string of the molecule is [C-]#[N+]c1cccc2c1-c1cc(-c3ccc(-c4nc(-c5ccccc5)nc(-c5ccc(-c6ccccc6)cc5)n4)cc3)ccc1C2(c1ccccc1)c1ccccc1.[C-]#[N+]c1cccc2c1-c1cc(-c3ccc(-c4nc(-c5ccccc5)nc(-c5ccccc5)n4)cc3)ccc1C2(c1ccccc1)c1ccccc1. The van der Waals surface area contributed by atoms with Gasteiger partial charge in [-0.2, -0.15) is 0 Å². The van der Waals surface area contributed by atoms with E-state index in [0.29, 0.717) is 46.3 Å². The highest BCUT2D eigenvalue weighted by molar-refractivity contribution is 5.97. The third-order valence-corrected chi connectivity index (χ3v) is 20.9. The molecule has 2 aliphatic carbocycles. The van der Waals surface area contributed by atoms with Gasteiger partial charge in [-0.05, 0) is 112 Å². The average molecular weight is 1380 g/mol. The third kappa shape index (κ3) is 11.6. The van der Waals surface area contributed by atoms with Gasteiger partial charge in [-0.1, -0.05) is 376 Å². The summed E-state index contributed by atoms with van der Waals surface area (Å²) >= 11 is 0. The largest absolute Gasteiger partial charge is 0.238 e. The van der Waals surface area contributed by atoms with Crippen LogP contribution in [0.5, 0.6) is 0 Å². The fraction of sp³-hybridized carbons (Fsp3) is 0.0200. The lowest BCUT2D eigenvalue weighted by Crippen LogP contribution is -2.28. The first-order valence-corrected chi connectivity index (χ1v) is 36.0. The smallest absolute Gasteiger partial charge is 0.195 e. The number of aromatic nitrogens is 6. The van der Waals surface area contributed by atoms with Crippen molar-refractivity contribution in [1.29, 1.82) is 0 Å². The van der Waals surface area contributed by atoms with Crippen molar-refractivity contribution in [2.75, 3.05) is 0 Å². The fourth-order valence-corrected chi connectivity index (χ4v) is 15.9. The summed E-state index contributed by atoms with van der Waals surface area (Å²) in [6.07, 6.45) is 0. The van der Waals surface area contributed by atoms with Crippen LogP contribution in [0.2, 0.25) is 0 Å². The van der Waals surface area contributed by atoms with Crippen molar-refractivity contribution in [3.8, 4) is 124 Å². The standard InChI is InChI=1S/C53H34N4.C47H30N4/c1-54-48-24-14-23-47-49(48)45-35-42(33-34-46(45)53(47,43-19-10-4-11-20-43)44-21-12-5-13-22-44)38-27-31-41(32-28-38)52-56-50(39-17-8-3-9-18-39)55-51(57-52)40-29-25-37(26-30-40)36-15-6-2-7-16-36;1-48-42-24-14-23-41-43(42)39-31-36(29-30-40(39)47(41,37-19-10-4-11-20-37)38-21-12-5-13-22-38)32-25-27-35(28-26-32)46-50-44(33-15-6-2-7-16-33)49-45(51-46)34-17-8-3-9-18-34/h2-35H;2-31H. The molecule has 19 rings (SSSR count). The molecule has 8 heteroatoms. The van der Waals surface area contributed by atoms with Crippen LogP contribution in [-0.4, -0.2) is 29.9 Å². The summed E-state index contributed by atoms with van der Waals surface area (Å²) in [7, 11) is 0. The summed E-state index contributed by atoms with van der Waals surface area (Å²) in [6, 6.07) is 134. The van der Waals surface area contributed by atoms with Crippen LogP contribution in [0, 0.1) is 13.1 Å². The van der Waals surface area contributed by atoms with Gasteiger partial charge < -0.3 is 0 Å². The molecule has 108 heavy (non-hydrogen) atoms. The summed E-state index contributed by atoms with van der Waals surface area (Å²) in [4.78, 5) is 37.7. The zero-order valence-corrected chi connectivity index (χ0v) is 58.5. The zero-order chi connectivity index (χ0) is 72.4. The Balaban J connectivity index is 0.000000153. The van der Waals surface area contributed by atoms with E-state index in [4.69, 9.17) is 43.0 Å². The molecule has 2 aromatic heterocycles. The fourth-order valence-electron chi connectivity index (χ4n) is 15.9. The van der Waals surface area contributed by atoms with Gasteiger partial charge >= 0.3 is 0 Å². The van der Waals surface area contributed by atoms with Gasteiger partial charge in [0.15, 0.2) is 46.3 Å². The Morgan fingerprint density at radius 3 is 0.667 bits per heavy atom. The summed E-state index contributed by atoms with van der Waals surface area (Å²) in [5.74, 6) is 3.75.